The monoisotopic (exact) mass is 232 g/mol. The van der Waals surface area contributed by atoms with E-state index < -0.39 is 5.60 Å². The highest BCUT2D eigenvalue weighted by molar-refractivity contribution is 6.20. The number of methoxy groups -OCH3 is 1. The fourth-order valence-corrected chi connectivity index (χ4v) is 1.62. The largest absolute Gasteiger partial charge is 0.370 e. The summed E-state index contributed by atoms with van der Waals surface area (Å²) in [7, 11) is 1.66. The fraction of sp³-hybridized carbons (Fsp3) is 0.800. The number of aromatic nitrogens is 2. The number of rotatable bonds is 5. The Morgan fingerprint density at radius 1 is 1.47 bits per heavy atom. The van der Waals surface area contributed by atoms with Crippen molar-refractivity contribution in [1.82, 2.24) is 10.1 Å². The quantitative estimate of drug-likeness (QED) is 0.733. The van der Waals surface area contributed by atoms with Crippen LogP contribution in [-0.2, 0) is 10.3 Å². The van der Waals surface area contributed by atoms with E-state index in [2.05, 4.69) is 10.1 Å². The van der Waals surface area contributed by atoms with Gasteiger partial charge in [-0.1, -0.05) is 19.0 Å². The summed E-state index contributed by atoms with van der Waals surface area (Å²) in [6.45, 7) is 5.87. The molecule has 0 aliphatic heterocycles. The molecule has 0 amide bonds. The van der Waals surface area contributed by atoms with Crippen LogP contribution in [0.5, 0.6) is 0 Å². The zero-order valence-electron chi connectivity index (χ0n) is 9.58. The van der Waals surface area contributed by atoms with Crippen LogP contribution in [0, 0.1) is 0 Å². The minimum absolute atomic E-state index is 0.269. The van der Waals surface area contributed by atoms with Gasteiger partial charge in [0.25, 0.3) is 0 Å². The average molecular weight is 233 g/mol. The van der Waals surface area contributed by atoms with Gasteiger partial charge in [0.2, 0.25) is 11.7 Å². The van der Waals surface area contributed by atoms with E-state index in [1.165, 1.54) is 0 Å². The maximum atomic E-state index is 5.86. The van der Waals surface area contributed by atoms with Crippen molar-refractivity contribution < 1.29 is 9.26 Å². The maximum Gasteiger partial charge on any atom is 0.244 e. The number of hydrogen-bond donors (Lipinski definition) is 0. The van der Waals surface area contributed by atoms with Crippen molar-refractivity contribution in [2.24, 2.45) is 0 Å². The number of hydrogen-bond acceptors (Lipinski definition) is 4. The average Bonchev–Trinajstić information content (AvgIpc) is 2.71. The van der Waals surface area contributed by atoms with E-state index in [9.17, 15) is 0 Å². The molecule has 0 aromatic carbocycles. The summed E-state index contributed by atoms with van der Waals surface area (Å²) >= 11 is 5.86. The van der Waals surface area contributed by atoms with E-state index >= 15 is 0 Å². The van der Waals surface area contributed by atoms with Crippen LogP contribution in [0.1, 0.15) is 50.7 Å². The highest BCUT2D eigenvalue weighted by Gasteiger charge is 2.34. The normalized spacial score (nSPS) is 14.2. The van der Waals surface area contributed by atoms with E-state index in [0.29, 0.717) is 11.7 Å². The smallest absolute Gasteiger partial charge is 0.244 e. The van der Waals surface area contributed by atoms with Gasteiger partial charge in [-0.15, -0.1) is 11.6 Å². The lowest BCUT2D eigenvalue weighted by molar-refractivity contribution is -0.0306. The highest BCUT2D eigenvalue weighted by atomic mass is 35.5. The van der Waals surface area contributed by atoms with E-state index in [1.807, 2.05) is 13.8 Å². The zero-order valence-corrected chi connectivity index (χ0v) is 10.3. The van der Waals surface area contributed by atoms with Crippen molar-refractivity contribution in [1.29, 1.82) is 0 Å². The molecule has 1 heterocycles. The number of ether oxygens (including phenoxy) is 1. The van der Waals surface area contributed by atoms with Gasteiger partial charge in [-0.25, -0.2) is 0 Å². The van der Waals surface area contributed by atoms with Gasteiger partial charge in [-0.05, 0) is 19.8 Å². The van der Waals surface area contributed by atoms with E-state index in [4.69, 9.17) is 20.9 Å². The Bertz CT molecular complexity index is 300. The van der Waals surface area contributed by atoms with Gasteiger partial charge in [-0.3, -0.25) is 0 Å². The van der Waals surface area contributed by atoms with Crippen LogP contribution in [0.4, 0.5) is 0 Å². The third-order valence-electron chi connectivity index (χ3n) is 2.72. The molecule has 86 valence electrons. The lowest BCUT2D eigenvalue weighted by Gasteiger charge is -2.25. The first-order valence-electron chi connectivity index (χ1n) is 5.13. The summed E-state index contributed by atoms with van der Waals surface area (Å²) < 4.78 is 10.6. The minimum atomic E-state index is -0.451. The van der Waals surface area contributed by atoms with Crippen molar-refractivity contribution in [3.8, 4) is 0 Å². The van der Waals surface area contributed by atoms with Gasteiger partial charge in [-0.2, -0.15) is 4.98 Å². The molecule has 0 saturated heterocycles. The lowest BCUT2D eigenvalue weighted by atomic mass is 9.96. The molecule has 4 nitrogen and oxygen atoms in total. The zero-order chi connectivity index (χ0) is 11.5. The third-order valence-corrected chi connectivity index (χ3v) is 2.91. The van der Waals surface area contributed by atoms with E-state index in [-0.39, 0.29) is 5.38 Å². The second-order valence-electron chi connectivity index (χ2n) is 3.48. The van der Waals surface area contributed by atoms with Crippen LogP contribution in [0.2, 0.25) is 0 Å². The van der Waals surface area contributed by atoms with Gasteiger partial charge in [0, 0.05) is 7.11 Å². The summed E-state index contributed by atoms with van der Waals surface area (Å²) in [4.78, 5) is 4.26. The van der Waals surface area contributed by atoms with Crippen molar-refractivity contribution in [3.63, 3.8) is 0 Å². The Hall–Kier alpha value is -0.610. The molecule has 1 unspecified atom stereocenters. The summed E-state index contributed by atoms with van der Waals surface area (Å²) in [5, 5.41) is 3.66. The lowest BCUT2D eigenvalue weighted by Crippen LogP contribution is -2.28. The Labute approximate surface area is 95.0 Å². The van der Waals surface area contributed by atoms with Crippen LogP contribution < -0.4 is 0 Å². The molecule has 1 atom stereocenters. The molecule has 0 fully saturated rings. The molecule has 1 aromatic rings. The van der Waals surface area contributed by atoms with E-state index in [1.54, 1.807) is 14.0 Å². The SMILES string of the molecule is CCC(CC)(OC)c1noc(C(C)Cl)n1. The number of nitrogens with zero attached hydrogens (tertiary/aromatic N) is 2. The molecule has 0 N–H and O–H groups in total. The first-order valence-corrected chi connectivity index (χ1v) is 5.56. The summed E-state index contributed by atoms with van der Waals surface area (Å²) in [5.74, 6) is 1.02. The molecule has 15 heavy (non-hydrogen) atoms. The molecule has 0 spiro atoms. The number of halogens is 1. The molecule has 0 radical (unpaired) electrons. The van der Waals surface area contributed by atoms with Gasteiger partial charge >= 0.3 is 0 Å². The van der Waals surface area contributed by atoms with Gasteiger partial charge in [0.05, 0.1) is 0 Å². The van der Waals surface area contributed by atoms with Crippen molar-refractivity contribution in [3.05, 3.63) is 11.7 Å². The van der Waals surface area contributed by atoms with Crippen LogP contribution >= 0.6 is 11.6 Å². The minimum Gasteiger partial charge on any atom is -0.370 e. The van der Waals surface area contributed by atoms with Crippen molar-refractivity contribution in [2.45, 2.75) is 44.6 Å². The predicted molar refractivity (Wildman–Crippen MR) is 57.8 cm³/mol. The van der Waals surface area contributed by atoms with Crippen LogP contribution in [0.15, 0.2) is 4.52 Å². The fourth-order valence-electron chi connectivity index (χ4n) is 1.53. The Balaban J connectivity index is 3.01. The van der Waals surface area contributed by atoms with Gasteiger partial charge in [0.1, 0.15) is 11.0 Å². The van der Waals surface area contributed by atoms with E-state index in [0.717, 1.165) is 12.8 Å². The van der Waals surface area contributed by atoms with Crippen molar-refractivity contribution >= 4 is 11.6 Å². The molecular weight excluding hydrogens is 216 g/mol. The first-order chi connectivity index (χ1) is 7.09. The standard InChI is InChI=1S/C10H17ClN2O2/c1-5-10(6-2,14-4)9-12-8(7(3)11)15-13-9/h7H,5-6H2,1-4H3. The molecule has 5 heteroatoms. The molecule has 1 aromatic heterocycles. The maximum absolute atomic E-state index is 5.86. The Kier molecular flexibility index (Phi) is 4.11. The molecule has 0 bridgehead atoms. The van der Waals surface area contributed by atoms with Gasteiger partial charge < -0.3 is 9.26 Å². The Morgan fingerprint density at radius 2 is 2.07 bits per heavy atom. The third kappa shape index (κ3) is 2.32. The second-order valence-corrected chi connectivity index (χ2v) is 4.13. The molecule has 0 saturated carbocycles. The summed E-state index contributed by atoms with van der Waals surface area (Å²) in [6, 6.07) is 0. The summed E-state index contributed by atoms with van der Waals surface area (Å²) in [6.07, 6.45) is 1.60. The molecule has 1 rings (SSSR count). The molecule has 0 aliphatic carbocycles. The predicted octanol–water partition coefficient (Wildman–Crippen LogP) is 3.03. The topological polar surface area (TPSA) is 48.2 Å². The van der Waals surface area contributed by atoms with Gasteiger partial charge in [0.15, 0.2) is 0 Å². The molecule has 0 aliphatic rings. The first kappa shape index (κ1) is 12.5. The second kappa shape index (κ2) is 4.94. The van der Waals surface area contributed by atoms with Crippen LogP contribution in [0.3, 0.4) is 0 Å². The van der Waals surface area contributed by atoms with Crippen LogP contribution in [-0.4, -0.2) is 17.3 Å². The van der Waals surface area contributed by atoms with Crippen molar-refractivity contribution in [2.75, 3.05) is 7.11 Å². The number of alkyl halides is 1. The Morgan fingerprint density at radius 3 is 2.40 bits per heavy atom. The van der Waals surface area contributed by atoms with Crippen LogP contribution in [0.25, 0.3) is 0 Å². The highest BCUT2D eigenvalue weighted by Crippen LogP contribution is 2.31. The summed E-state index contributed by atoms with van der Waals surface area (Å²) in [5.41, 5.74) is -0.451. The molecular formula is C10H17ClN2O2.